The van der Waals surface area contributed by atoms with Crippen LogP contribution >= 0.6 is 23.2 Å². The zero-order chi connectivity index (χ0) is 18.8. The SMILES string of the molecule is O=C(Nc1cnc(Cl)cc1Cl)c1nc(C2CC2)ccc1Nc1cncnc1. The Morgan fingerprint density at radius 1 is 1.07 bits per heavy atom. The Morgan fingerprint density at radius 3 is 2.56 bits per heavy atom. The third-order valence-corrected chi connectivity index (χ3v) is 4.55. The van der Waals surface area contributed by atoms with Crippen molar-refractivity contribution in [1.29, 1.82) is 0 Å². The minimum Gasteiger partial charge on any atom is -0.351 e. The van der Waals surface area contributed by atoms with Gasteiger partial charge in [0.05, 0.1) is 40.7 Å². The predicted octanol–water partition coefficient (Wildman–Crippen LogP) is 4.45. The fraction of sp³-hybridized carbons (Fsp3) is 0.167. The van der Waals surface area contributed by atoms with E-state index in [4.69, 9.17) is 23.2 Å². The molecule has 1 amide bonds. The van der Waals surface area contributed by atoms with Crippen LogP contribution in [-0.4, -0.2) is 25.8 Å². The zero-order valence-electron chi connectivity index (χ0n) is 14.0. The topological polar surface area (TPSA) is 92.7 Å². The number of rotatable bonds is 5. The van der Waals surface area contributed by atoms with Crippen LogP contribution in [0, 0.1) is 0 Å². The van der Waals surface area contributed by atoms with Gasteiger partial charge in [0.2, 0.25) is 0 Å². The van der Waals surface area contributed by atoms with Crippen LogP contribution in [0.5, 0.6) is 0 Å². The van der Waals surface area contributed by atoms with Crippen molar-refractivity contribution in [2.45, 2.75) is 18.8 Å². The Labute approximate surface area is 165 Å². The molecule has 3 heterocycles. The van der Waals surface area contributed by atoms with Crippen molar-refractivity contribution < 1.29 is 4.79 Å². The second-order valence-electron chi connectivity index (χ2n) is 6.10. The molecule has 27 heavy (non-hydrogen) atoms. The van der Waals surface area contributed by atoms with Gasteiger partial charge in [-0.2, -0.15) is 0 Å². The quantitative estimate of drug-likeness (QED) is 0.614. The number of amides is 1. The molecule has 0 spiro atoms. The second kappa shape index (κ2) is 7.46. The summed E-state index contributed by atoms with van der Waals surface area (Å²) in [6, 6.07) is 5.23. The second-order valence-corrected chi connectivity index (χ2v) is 6.89. The maximum atomic E-state index is 12.9. The molecular formula is C18H14Cl2N6O. The van der Waals surface area contributed by atoms with E-state index in [9.17, 15) is 4.79 Å². The molecule has 9 heteroatoms. The molecule has 4 rings (SSSR count). The molecule has 1 fully saturated rings. The average molecular weight is 401 g/mol. The van der Waals surface area contributed by atoms with Gasteiger partial charge in [0.1, 0.15) is 11.5 Å². The first-order chi connectivity index (χ1) is 13.1. The summed E-state index contributed by atoms with van der Waals surface area (Å²) in [5.41, 5.74) is 2.71. The fourth-order valence-electron chi connectivity index (χ4n) is 2.55. The van der Waals surface area contributed by atoms with Gasteiger partial charge in [-0.3, -0.25) is 4.79 Å². The highest BCUT2D eigenvalue weighted by Gasteiger charge is 2.27. The van der Waals surface area contributed by atoms with Crippen LogP contribution in [0.3, 0.4) is 0 Å². The van der Waals surface area contributed by atoms with E-state index in [0.29, 0.717) is 28.0 Å². The number of pyridine rings is 2. The first-order valence-electron chi connectivity index (χ1n) is 8.25. The van der Waals surface area contributed by atoms with Crippen molar-refractivity contribution in [2.24, 2.45) is 0 Å². The number of nitrogens with zero attached hydrogens (tertiary/aromatic N) is 4. The molecule has 136 valence electrons. The van der Waals surface area contributed by atoms with Gasteiger partial charge in [-0.25, -0.2) is 19.9 Å². The normalized spacial score (nSPS) is 13.3. The van der Waals surface area contributed by atoms with E-state index < -0.39 is 5.91 Å². The summed E-state index contributed by atoms with van der Waals surface area (Å²) in [6.45, 7) is 0. The smallest absolute Gasteiger partial charge is 0.276 e. The maximum absolute atomic E-state index is 12.9. The van der Waals surface area contributed by atoms with Crippen LogP contribution < -0.4 is 10.6 Å². The van der Waals surface area contributed by atoms with Gasteiger partial charge < -0.3 is 10.6 Å². The highest BCUT2D eigenvalue weighted by Crippen LogP contribution is 2.39. The molecule has 0 saturated heterocycles. The van der Waals surface area contributed by atoms with E-state index in [1.54, 1.807) is 12.4 Å². The molecule has 0 aliphatic heterocycles. The lowest BCUT2D eigenvalue weighted by Gasteiger charge is -2.13. The van der Waals surface area contributed by atoms with E-state index >= 15 is 0 Å². The van der Waals surface area contributed by atoms with Crippen LogP contribution in [-0.2, 0) is 0 Å². The lowest BCUT2D eigenvalue weighted by Crippen LogP contribution is -2.17. The first kappa shape index (κ1) is 17.6. The van der Waals surface area contributed by atoms with E-state index in [2.05, 4.69) is 30.6 Å². The molecule has 7 nitrogen and oxygen atoms in total. The number of nitrogens with one attached hydrogen (secondary N) is 2. The molecule has 0 radical (unpaired) electrons. The average Bonchev–Trinajstić information content (AvgIpc) is 3.50. The van der Waals surface area contributed by atoms with Gasteiger partial charge in [0.25, 0.3) is 5.91 Å². The molecule has 0 unspecified atom stereocenters. The Morgan fingerprint density at radius 2 is 1.85 bits per heavy atom. The summed E-state index contributed by atoms with van der Waals surface area (Å²) in [6.07, 6.45) is 8.24. The molecule has 1 saturated carbocycles. The zero-order valence-corrected chi connectivity index (χ0v) is 15.5. The Bertz CT molecular complexity index is 994. The molecule has 2 N–H and O–H groups in total. The van der Waals surface area contributed by atoms with Crippen molar-refractivity contribution in [3.05, 3.63) is 64.7 Å². The van der Waals surface area contributed by atoms with Crippen molar-refractivity contribution in [1.82, 2.24) is 19.9 Å². The summed E-state index contributed by atoms with van der Waals surface area (Å²) in [5, 5.41) is 6.42. The molecule has 0 atom stereocenters. The lowest BCUT2D eigenvalue weighted by molar-refractivity contribution is 0.102. The number of carbonyl (C=O) groups is 1. The summed E-state index contributed by atoms with van der Waals surface area (Å²) >= 11 is 11.9. The molecule has 3 aromatic rings. The Balaban J connectivity index is 1.65. The third kappa shape index (κ3) is 4.15. The van der Waals surface area contributed by atoms with E-state index in [-0.39, 0.29) is 10.8 Å². The summed E-state index contributed by atoms with van der Waals surface area (Å²) in [5.74, 6) is 0.00863. The first-order valence-corrected chi connectivity index (χ1v) is 9.01. The minimum atomic E-state index is -0.400. The number of carbonyl (C=O) groups excluding carboxylic acids is 1. The summed E-state index contributed by atoms with van der Waals surface area (Å²) in [7, 11) is 0. The van der Waals surface area contributed by atoms with Crippen molar-refractivity contribution in [3.8, 4) is 0 Å². The fourth-order valence-corrected chi connectivity index (χ4v) is 2.97. The highest BCUT2D eigenvalue weighted by molar-refractivity contribution is 6.36. The number of aromatic nitrogens is 4. The standard InChI is InChI=1S/C18H14Cl2N6O/c19-12-5-16(20)23-8-15(12)26-18(27)17-14(24-11-6-21-9-22-7-11)4-3-13(25-17)10-1-2-10/h3-10,24H,1-2H2,(H,26,27). The van der Waals surface area contributed by atoms with E-state index in [0.717, 1.165) is 18.5 Å². The van der Waals surface area contributed by atoms with Crippen LogP contribution in [0.4, 0.5) is 17.1 Å². The van der Waals surface area contributed by atoms with Gasteiger partial charge in [0, 0.05) is 11.6 Å². The van der Waals surface area contributed by atoms with E-state index in [1.165, 1.54) is 18.6 Å². The lowest BCUT2D eigenvalue weighted by atomic mass is 10.2. The van der Waals surface area contributed by atoms with Crippen LogP contribution in [0.2, 0.25) is 10.2 Å². The van der Waals surface area contributed by atoms with Gasteiger partial charge in [-0.05, 0) is 31.0 Å². The van der Waals surface area contributed by atoms with Gasteiger partial charge in [-0.15, -0.1) is 0 Å². The third-order valence-electron chi connectivity index (χ3n) is 4.04. The highest BCUT2D eigenvalue weighted by atomic mass is 35.5. The van der Waals surface area contributed by atoms with Crippen LogP contribution in [0.25, 0.3) is 0 Å². The molecule has 3 aromatic heterocycles. The van der Waals surface area contributed by atoms with Gasteiger partial charge in [-0.1, -0.05) is 23.2 Å². The molecular weight excluding hydrogens is 387 g/mol. The van der Waals surface area contributed by atoms with Crippen molar-refractivity contribution in [2.75, 3.05) is 10.6 Å². The van der Waals surface area contributed by atoms with Gasteiger partial charge >= 0.3 is 0 Å². The van der Waals surface area contributed by atoms with Crippen molar-refractivity contribution in [3.63, 3.8) is 0 Å². The number of hydrogen-bond donors (Lipinski definition) is 2. The maximum Gasteiger partial charge on any atom is 0.276 e. The number of anilines is 3. The van der Waals surface area contributed by atoms with E-state index in [1.807, 2.05) is 12.1 Å². The van der Waals surface area contributed by atoms with Crippen LogP contribution in [0.15, 0.2) is 43.1 Å². The molecule has 0 bridgehead atoms. The summed E-state index contributed by atoms with van der Waals surface area (Å²) < 4.78 is 0. The van der Waals surface area contributed by atoms with Crippen molar-refractivity contribution >= 4 is 46.2 Å². The predicted molar refractivity (Wildman–Crippen MR) is 104 cm³/mol. The molecule has 1 aliphatic rings. The monoisotopic (exact) mass is 400 g/mol. The molecule has 1 aliphatic carbocycles. The van der Waals surface area contributed by atoms with Gasteiger partial charge in [0.15, 0.2) is 5.69 Å². The summed E-state index contributed by atoms with van der Waals surface area (Å²) in [4.78, 5) is 29.3. The minimum absolute atomic E-state index is 0.248. The Hall–Kier alpha value is -2.77. The molecule has 0 aromatic carbocycles. The largest absolute Gasteiger partial charge is 0.351 e. The number of hydrogen-bond acceptors (Lipinski definition) is 6. The Kier molecular flexibility index (Phi) is 4.87. The van der Waals surface area contributed by atoms with Crippen LogP contribution in [0.1, 0.15) is 34.9 Å². The number of halogens is 2.